The summed E-state index contributed by atoms with van der Waals surface area (Å²) in [5, 5.41) is 10.4. The molecule has 4 aromatic rings. The number of thioether (sulfide) groups is 1. The zero-order valence-electron chi connectivity index (χ0n) is 15.7. The fourth-order valence-electron chi connectivity index (χ4n) is 3.16. The van der Waals surface area contributed by atoms with Gasteiger partial charge in [0.2, 0.25) is 0 Å². The van der Waals surface area contributed by atoms with Crippen LogP contribution < -0.4 is 0 Å². The molecule has 0 aliphatic heterocycles. The Hall–Kier alpha value is -2.73. The van der Waals surface area contributed by atoms with Crippen molar-refractivity contribution in [1.29, 1.82) is 0 Å². The standard InChI is InChI=1S/C21H22N4OS/c1-14-4-6-16(7-5-14)27-13-20-23-21-17(12-25-11-10-22-15(25)2)19(26)9-8-18(21)24(20)3/h4-11,26H,12-13H2,1-3H3. The van der Waals surface area contributed by atoms with Gasteiger partial charge in [0.25, 0.3) is 0 Å². The van der Waals surface area contributed by atoms with Gasteiger partial charge in [-0.2, -0.15) is 0 Å². The Balaban J connectivity index is 1.67. The van der Waals surface area contributed by atoms with Crippen LogP contribution in [0, 0.1) is 13.8 Å². The summed E-state index contributed by atoms with van der Waals surface area (Å²) < 4.78 is 4.13. The average Bonchev–Trinajstić information content (AvgIpc) is 3.20. The van der Waals surface area contributed by atoms with E-state index in [0.717, 1.165) is 34.0 Å². The molecular weight excluding hydrogens is 356 g/mol. The molecule has 27 heavy (non-hydrogen) atoms. The summed E-state index contributed by atoms with van der Waals surface area (Å²) in [6.07, 6.45) is 3.69. The number of benzene rings is 2. The van der Waals surface area contributed by atoms with Crippen molar-refractivity contribution >= 4 is 22.8 Å². The van der Waals surface area contributed by atoms with Gasteiger partial charge in [-0.3, -0.25) is 0 Å². The van der Waals surface area contributed by atoms with Crippen LogP contribution >= 0.6 is 11.8 Å². The van der Waals surface area contributed by atoms with Crippen LogP contribution in [0.25, 0.3) is 11.0 Å². The van der Waals surface area contributed by atoms with Gasteiger partial charge < -0.3 is 14.2 Å². The highest BCUT2D eigenvalue weighted by Gasteiger charge is 2.16. The van der Waals surface area contributed by atoms with Gasteiger partial charge in [0, 0.05) is 29.9 Å². The molecule has 2 aromatic carbocycles. The van der Waals surface area contributed by atoms with Gasteiger partial charge in [-0.25, -0.2) is 9.97 Å². The van der Waals surface area contributed by atoms with Gasteiger partial charge in [0.15, 0.2) is 0 Å². The van der Waals surface area contributed by atoms with Crippen molar-refractivity contribution in [1.82, 2.24) is 19.1 Å². The van der Waals surface area contributed by atoms with E-state index in [4.69, 9.17) is 4.98 Å². The molecule has 0 amide bonds. The van der Waals surface area contributed by atoms with Crippen molar-refractivity contribution in [3.8, 4) is 5.75 Å². The molecule has 2 heterocycles. The van der Waals surface area contributed by atoms with Gasteiger partial charge in [-0.1, -0.05) is 17.7 Å². The van der Waals surface area contributed by atoms with Crippen molar-refractivity contribution in [2.75, 3.05) is 0 Å². The molecule has 0 aliphatic carbocycles. The number of aromatic nitrogens is 4. The van der Waals surface area contributed by atoms with Crippen LogP contribution in [0.4, 0.5) is 0 Å². The van der Waals surface area contributed by atoms with Crippen LogP contribution in [0.2, 0.25) is 0 Å². The zero-order valence-corrected chi connectivity index (χ0v) is 16.5. The summed E-state index contributed by atoms with van der Waals surface area (Å²) in [6.45, 7) is 4.60. The number of nitrogens with zero attached hydrogens (tertiary/aromatic N) is 4. The number of hydrogen-bond donors (Lipinski definition) is 1. The molecule has 0 unspecified atom stereocenters. The molecule has 138 valence electrons. The number of imidazole rings is 2. The molecule has 0 saturated carbocycles. The quantitative estimate of drug-likeness (QED) is 0.522. The first-order valence-corrected chi connectivity index (χ1v) is 9.85. The van der Waals surface area contributed by atoms with Crippen LogP contribution in [0.1, 0.15) is 22.8 Å². The Kier molecular flexibility index (Phi) is 4.66. The lowest BCUT2D eigenvalue weighted by molar-refractivity contribution is 0.466. The summed E-state index contributed by atoms with van der Waals surface area (Å²) in [4.78, 5) is 10.4. The minimum absolute atomic E-state index is 0.270. The first-order chi connectivity index (χ1) is 13.0. The lowest BCUT2D eigenvalue weighted by atomic mass is 10.1. The highest BCUT2D eigenvalue weighted by Crippen LogP contribution is 2.30. The minimum Gasteiger partial charge on any atom is -0.508 e. The highest BCUT2D eigenvalue weighted by molar-refractivity contribution is 7.98. The van der Waals surface area contributed by atoms with Crippen LogP contribution in [0.5, 0.6) is 5.75 Å². The molecule has 5 nitrogen and oxygen atoms in total. The number of rotatable bonds is 5. The molecule has 1 N–H and O–H groups in total. The number of aryl methyl sites for hydroxylation is 3. The second-order valence-corrected chi connectivity index (χ2v) is 7.77. The van der Waals surface area contributed by atoms with E-state index in [0.29, 0.717) is 6.54 Å². The molecule has 0 radical (unpaired) electrons. The lowest BCUT2D eigenvalue weighted by Crippen LogP contribution is -2.02. The Labute approximate surface area is 162 Å². The lowest BCUT2D eigenvalue weighted by Gasteiger charge is -2.08. The van der Waals surface area contributed by atoms with Crippen LogP contribution in [-0.4, -0.2) is 24.2 Å². The van der Waals surface area contributed by atoms with Crippen molar-refractivity contribution < 1.29 is 5.11 Å². The van der Waals surface area contributed by atoms with Crippen LogP contribution in [0.15, 0.2) is 53.7 Å². The van der Waals surface area contributed by atoms with Crippen LogP contribution in [0.3, 0.4) is 0 Å². The summed E-state index contributed by atoms with van der Waals surface area (Å²) in [5.41, 5.74) is 3.97. The SMILES string of the molecule is Cc1ccc(SCc2nc3c(Cn4ccnc4C)c(O)ccc3n2C)cc1. The molecule has 0 saturated heterocycles. The predicted octanol–water partition coefficient (Wildman–Crippen LogP) is 4.43. The number of phenolic OH excluding ortho intramolecular Hbond substituents is 1. The number of phenols is 1. The van der Waals surface area contributed by atoms with Gasteiger partial charge in [0.05, 0.1) is 23.3 Å². The summed E-state index contributed by atoms with van der Waals surface area (Å²) >= 11 is 1.77. The highest BCUT2D eigenvalue weighted by atomic mass is 32.2. The van der Waals surface area contributed by atoms with E-state index in [-0.39, 0.29) is 5.75 Å². The maximum atomic E-state index is 10.4. The molecular formula is C21H22N4OS. The Morgan fingerprint density at radius 3 is 2.56 bits per heavy atom. The number of fused-ring (bicyclic) bond motifs is 1. The molecule has 0 fully saturated rings. The normalized spacial score (nSPS) is 11.4. The molecule has 4 rings (SSSR count). The maximum absolute atomic E-state index is 10.4. The average molecular weight is 379 g/mol. The van der Waals surface area contributed by atoms with Crippen molar-refractivity contribution in [2.24, 2.45) is 7.05 Å². The first kappa shape index (κ1) is 17.7. The van der Waals surface area contributed by atoms with E-state index >= 15 is 0 Å². The van der Waals surface area contributed by atoms with E-state index in [1.165, 1.54) is 10.5 Å². The monoisotopic (exact) mass is 378 g/mol. The fraction of sp³-hybridized carbons (Fsp3) is 0.238. The predicted molar refractivity (Wildman–Crippen MR) is 109 cm³/mol. The van der Waals surface area contributed by atoms with E-state index < -0.39 is 0 Å². The Bertz CT molecular complexity index is 1100. The molecule has 0 spiro atoms. The minimum atomic E-state index is 0.270. The van der Waals surface area contributed by atoms with Crippen LogP contribution in [-0.2, 0) is 19.3 Å². The van der Waals surface area contributed by atoms with Gasteiger partial charge >= 0.3 is 0 Å². The molecule has 2 aromatic heterocycles. The number of aromatic hydroxyl groups is 1. The summed E-state index contributed by atoms with van der Waals surface area (Å²) in [6, 6.07) is 12.2. The number of hydrogen-bond acceptors (Lipinski definition) is 4. The third kappa shape index (κ3) is 3.45. The van der Waals surface area contributed by atoms with Crippen molar-refractivity contribution in [2.45, 2.75) is 31.0 Å². The molecule has 0 aliphatic rings. The van der Waals surface area contributed by atoms with Crippen molar-refractivity contribution in [3.05, 3.63) is 71.6 Å². The Morgan fingerprint density at radius 1 is 1.07 bits per heavy atom. The van der Waals surface area contributed by atoms with Gasteiger partial charge in [-0.05, 0) is 38.1 Å². The van der Waals surface area contributed by atoms with E-state index in [2.05, 4.69) is 40.7 Å². The second-order valence-electron chi connectivity index (χ2n) is 6.72. The first-order valence-electron chi connectivity index (χ1n) is 8.86. The molecule has 0 bridgehead atoms. The zero-order chi connectivity index (χ0) is 19.0. The molecule has 6 heteroatoms. The van der Waals surface area contributed by atoms with E-state index in [9.17, 15) is 5.11 Å². The molecule has 0 atom stereocenters. The van der Waals surface area contributed by atoms with Crippen molar-refractivity contribution in [3.63, 3.8) is 0 Å². The topological polar surface area (TPSA) is 55.9 Å². The summed E-state index contributed by atoms with van der Waals surface area (Å²) in [5.74, 6) is 2.95. The van der Waals surface area contributed by atoms with E-state index in [1.807, 2.05) is 30.8 Å². The van der Waals surface area contributed by atoms with E-state index in [1.54, 1.807) is 24.0 Å². The Morgan fingerprint density at radius 2 is 1.85 bits per heavy atom. The van der Waals surface area contributed by atoms with Gasteiger partial charge in [0.1, 0.15) is 17.4 Å². The maximum Gasteiger partial charge on any atom is 0.122 e. The smallest absolute Gasteiger partial charge is 0.122 e. The fourth-order valence-corrected chi connectivity index (χ4v) is 4.04. The summed E-state index contributed by atoms with van der Waals surface area (Å²) in [7, 11) is 2.03. The third-order valence-corrected chi connectivity index (χ3v) is 5.88. The third-order valence-electron chi connectivity index (χ3n) is 4.87. The van der Waals surface area contributed by atoms with Gasteiger partial charge in [-0.15, -0.1) is 11.8 Å². The second kappa shape index (κ2) is 7.12. The largest absolute Gasteiger partial charge is 0.508 e.